The van der Waals surface area contributed by atoms with Crippen LogP contribution < -0.4 is 20.3 Å². The molecule has 3 fully saturated rings. The minimum absolute atomic E-state index is 0.0805. The molecule has 37 heavy (non-hydrogen) atoms. The largest absolute Gasteiger partial charge is 0.573 e. The lowest BCUT2D eigenvalue weighted by Gasteiger charge is -2.33. The number of amides is 4. The van der Waals surface area contributed by atoms with Gasteiger partial charge in [0.2, 0.25) is 5.91 Å². The molecule has 3 aliphatic rings. The smallest absolute Gasteiger partial charge is 0.404 e. The van der Waals surface area contributed by atoms with Crippen LogP contribution in [0.15, 0.2) is 18.2 Å². The zero-order valence-corrected chi connectivity index (χ0v) is 20.6. The van der Waals surface area contributed by atoms with E-state index in [0.29, 0.717) is 25.6 Å². The Morgan fingerprint density at radius 2 is 1.76 bits per heavy atom. The van der Waals surface area contributed by atoms with Gasteiger partial charge in [-0.05, 0) is 75.2 Å². The zero-order valence-electron chi connectivity index (χ0n) is 20.6. The molecule has 1 aromatic rings. The first kappa shape index (κ1) is 27.2. The summed E-state index contributed by atoms with van der Waals surface area (Å²) in [6.07, 6.45) is -0.0675. The van der Waals surface area contributed by atoms with Crippen molar-refractivity contribution in [3.05, 3.63) is 23.8 Å². The van der Waals surface area contributed by atoms with Crippen LogP contribution in [0.5, 0.6) is 5.75 Å². The fraction of sp³-hybridized carbons (Fsp3) is 0.640. The van der Waals surface area contributed by atoms with Gasteiger partial charge in [0.1, 0.15) is 0 Å². The second-order valence-electron chi connectivity index (χ2n) is 9.78. The van der Waals surface area contributed by atoms with Crippen molar-refractivity contribution in [1.82, 2.24) is 15.5 Å². The monoisotopic (exact) mass is 526 g/mol. The van der Waals surface area contributed by atoms with E-state index in [1.807, 2.05) is 0 Å². The third-order valence-electron chi connectivity index (χ3n) is 7.16. The number of hydrogen-bond acceptors (Lipinski definition) is 6. The number of alkyl halides is 3. The van der Waals surface area contributed by atoms with Crippen LogP contribution in [0.1, 0.15) is 48.9 Å². The van der Waals surface area contributed by atoms with Crippen LogP contribution >= 0.6 is 0 Å². The molecular formula is C25H33F3N4O5. The standard InChI is InChI=1S/C25H33F3N4O5/c26-25(27,28)37-21-2-1-19(15-20(21)32-13-7-22(33)30-24(32)35)23(34)31-11-5-18(6-12-31)16-36-14-8-17-3-9-29-10-4-17/h1-2,15,17-18,29H,3-14,16H2,(H,30,33,35). The second kappa shape index (κ2) is 12.1. The number of likely N-dealkylation sites (tertiary alicyclic amines) is 1. The van der Waals surface area contributed by atoms with Gasteiger partial charge in [0.15, 0.2) is 5.75 Å². The molecule has 9 nitrogen and oxygen atoms in total. The molecule has 0 saturated carbocycles. The van der Waals surface area contributed by atoms with Crippen molar-refractivity contribution in [2.45, 2.75) is 44.9 Å². The summed E-state index contributed by atoms with van der Waals surface area (Å²) in [6.45, 7) is 4.44. The Bertz CT molecular complexity index is 976. The van der Waals surface area contributed by atoms with Gasteiger partial charge in [-0.15, -0.1) is 13.2 Å². The van der Waals surface area contributed by atoms with Crippen molar-refractivity contribution in [2.75, 3.05) is 50.8 Å². The van der Waals surface area contributed by atoms with Crippen molar-refractivity contribution in [1.29, 1.82) is 0 Å². The number of rotatable bonds is 8. The Morgan fingerprint density at radius 3 is 2.43 bits per heavy atom. The minimum atomic E-state index is -4.99. The molecule has 4 rings (SSSR count). The fourth-order valence-electron chi connectivity index (χ4n) is 5.02. The Hall–Kier alpha value is -2.86. The van der Waals surface area contributed by atoms with E-state index >= 15 is 0 Å². The van der Waals surface area contributed by atoms with Gasteiger partial charge in [0.05, 0.1) is 5.69 Å². The molecule has 4 amide bonds. The van der Waals surface area contributed by atoms with Crippen LogP contribution in [0, 0.1) is 11.8 Å². The zero-order chi connectivity index (χ0) is 26.4. The molecule has 0 spiro atoms. The van der Waals surface area contributed by atoms with Crippen LogP contribution in [-0.4, -0.2) is 75.0 Å². The molecule has 3 heterocycles. The molecule has 0 unspecified atom stereocenters. The quantitative estimate of drug-likeness (QED) is 0.505. The first-order valence-electron chi connectivity index (χ1n) is 12.8. The Kier molecular flexibility index (Phi) is 8.91. The van der Waals surface area contributed by atoms with Crippen LogP contribution in [0.25, 0.3) is 0 Å². The van der Waals surface area contributed by atoms with Gasteiger partial charge in [0.25, 0.3) is 5.91 Å². The molecule has 204 valence electrons. The van der Waals surface area contributed by atoms with Crippen molar-refractivity contribution in [3.8, 4) is 5.75 Å². The number of anilines is 1. The maximum Gasteiger partial charge on any atom is 0.573 e. The summed E-state index contributed by atoms with van der Waals surface area (Å²) >= 11 is 0. The molecule has 0 radical (unpaired) electrons. The number of carbonyl (C=O) groups is 3. The molecule has 0 atom stereocenters. The maximum absolute atomic E-state index is 13.2. The molecule has 2 N–H and O–H groups in total. The summed E-state index contributed by atoms with van der Waals surface area (Å²) in [6, 6.07) is 2.64. The van der Waals surface area contributed by atoms with Crippen LogP contribution in [-0.2, 0) is 9.53 Å². The average Bonchev–Trinajstić information content (AvgIpc) is 2.87. The number of benzene rings is 1. The van der Waals surface area contributed by atoms with E-state index in [9.17, 15) is 27.6 Å². The minimum Gasteiger partial charge on any atom is -0.404 e. The average molecular weight is 527 g/mol. The Labute approximate surface area is 213 Å². The highest BCUT2D eigenvalue weighted by atomic mass is 19.4. The topological polar surface area (TPSA) is 100 Å². The van der Waals surface area contributed by atoms with E-state index in [1.165, 1.54) is 25.0 Å². The lowest BCUT2D eigenvalue weighted by molar-refractivity contribution is -0.274. The predicted molar refractivity (Wildman–Crippen MR) is 128 cm³/mol. The Balaban J connectivity index is 1.34. The highest BCUT2D eigenvalue weighted by Crippen LogP contribution is 2.35. The number of urea groups is 1. The molecule has 0 aliphatic carbocycles. The van der Waals surface area contributed by atoms with Gasteiger partial charge >= 0.3 is 12.4 Å². The van der Waals surface area contributed by atoms with Crippen LogP contribution in [0.3, 0.4) is 0 Å². The number of imide groups is 1. The Morgan fingerprint density at radius 1 is 1.03 bits per heavy atom. The molecule has 1 aromatic carbocycles. The van der Waals surface area contributed by atoms with Crippen molar-refractivity contribution in [2.24, 2.45) is 11.8 Å². The van der Waals surface area contributed by atoms with Crippen LogP contribution in [0.2, 0.25) is 0 Å². The molecule has 12 heteroatoms. The van der Waals surface area contributed by atoms with Crippen molar-refractivity contribution >= 4 is 23.5 Å². The number of nitrogens with zero attached hydrogens (tertiary/aromatic N) is 2. The van der Waals surface area contributed by atoms with Gasteiger partial charge in [-0.1, -0.05) is 0 Å². The predicted octanol–water partition coefficient (Wildman–Crippen LogP) is 3.29. The second-order valence-corrected chi connectivity index (χ2v) is 9.78. The SMILES string of the molecule is O=C1CCN(c2cc(C(=O)N3CCC(COCCC4CCNCC4)CC3)ccc2OC(F)(F)F)C(=O)N1. The summed E-state index contributed by atoms with van der Waals surface area (Å²) < 4.78 is 48.9. The number of ether oxygens (including phenoxy) is 2. The highest BCUT2D eigenvalue weighted by molar-refractivity contribution is 6.07. The normalized spacial score (nSPS) is 20.2. The van der Waals surface area contributed by atoms with E-state index in [0.717, 1.165) is 55.8 Å². The van der Waals surface area contributed by atoms with Gasteiger partial charge in [-0.3, -0.25) is 19.8 Å². The summed E-state index contributed by atoms with van der Waals surface area (Å²) in [7, 11) is 0. The van der Waals surface area contributed by atoms with Gasteiger partial charge in [0, 0.05) is 44.8 Å². The van der Waals surface area contributed by atoms with E-state index in [2.05, 4.69) is 15.4 Å². The summed E-state index contributed by atoms with van der Waals surface area (Å²) in [5.74, 6) is -0.405. The lowest BCUT2D eigenvalue weighted by Crippen LogP contribution is -2.49. The summed E-state index contributed by atoms with van der Waals surface area (Å²) in [5, 5.41) is 5.44. The summed E-state index contributed by atoms with van der Waals surface area (Å²) in [5.41, 5.74) is -0.0731. The molecular weight excluding hydrogens is 493 g/mol. The van der Waals surface area contributed by atoms with Crippen LogP contribution in [0.4, 0.5) is 23.7 Å². The third-order valence-corrected chi connectivity index (χ3v) is 7.16. The van der Waals surface area contributed by atoms with E-state index in [4.69, 9.17) is 4.74 Å². The van der Waals surface area contributed by atoms with Gasteiger partial charge < -0.3 is 19.7 Å². The fourth-order valence-corrected chi connectivity index (χ4v) is 5.02. The number of halogens is 3. The highest BCUT2D eigenvalue weighted by Gasteiger charge is 2.35. The molecule has 3 saturated heterocycles. The van der Waals surface area contributed by atoms with E-state index in [1.54, 1.807) is 4.90 Å². The first-order chi connectivity index (χ1) is 17.7. The first-order valence-corrected chi connectivity index (χ1v) is 12.8. The molecule has 0 bridgehead atoms. The van der Waals surface area contributed by atoms with E-state index < -0.39 is 24.1 Å². The molecule has 0 aromatic heterocycles. The van der Waals surface area contributed by atoms with Gasteiger partial charge in [-0.25, -0.2) is 4.79 Å². The lowest BCUT2D eigenvalue weighted by atomic mass is 9.95. The number of carbonyl (C=O) groups excluding carboxylic acids is 3. The van der Waals surface area contributed by atoms with E-state index in [-0.39, 0.29) is 30.1 Å². The van der Waals surface area contributed by atoms with Crippen molar-refractivity contribution < 1.29 is 37.0 Å². The third kappa shape index (κ3) is 7.57. The molecule has 3 aliphatic heterocycles. The van der Waals surface area contributed by atoms with Gasteiger partial charge in [-0.2, -0.15) is 0 Å². The maximum atomic E-state index is 13.2. The number of piperidine rings is 2. The van der Waals surface area contributed by atoms with Crippen molar-refractivity contribution in [3.63, 3.8) is 0 Å². The number of nitrogens with one attached hydrogen (secondary N) is 2. The number of hydrogen-bond donors (Lipinski definition) is 2. The summed E-state index contributed by atoms with van der Waals surface area (Å²) in [4.78, 5) is 39.6.